The first kappa shape index (κ1) is 14.0. The van der Waals surface area contributed by atoms with E-state index >= 15 is 0 Å². The second-order valence-electron chi connectivity index (χ2n) is 4.98. The van der Waals surface area contributed by atoms with Gasteiger partial charge in [0.15, 0.2) is 0 Å². The molecule has 2 N–H and O–H groups in total. The van der Waals surface area contributed by atoms with E-state index in [-0.39, 0.29) is 18.2 Å². The Morgan fingerprint density at radius 2 is 1.94 bits per heavy atom. The minimum Gasteiger partial charge on any atom is -0.373 e. The van der Waals surface area contributed by atoms with Crippen LogP contribution in [-0.2, 0) is 4.74 Å². The molecular weight excluding hydrogens is 292 g/mol. The van der Waals surface area contributed by atoms with Gasteiger partial charge in [-0.2, -0.15) is 0 Å². The van der Waals surface area contributed by atoms with Crippen molar-refractivity contribution in [1.29, 1.82) is 0 Å². The zero-order valence-corrected chi connectivity index (χ0v) is 12.6. The summed E-state index contributed by atoms with van der Waals surface area (Å²) in [5.74, 6) is 0. The van der Waals surface area contributed by atoms with Gasteiger partial charge in [0.2, 0.25) is 0 Å². The van der Waals surface area contributed by atoms with E-state index in [1.807, 2.05) is 6.07 Å². The fraction of sp³-hybridized carbons (Fsp3) is 0.571. The number of hydrogen-bond acceptors (Lipinski definition) is 3. The zero-order chi connectivity index (χ0) is 13.1. The third-order valence-corrected chi connectivity index (χ3v) is 4.10. The Labute approximate surface area is 117 Å². The van der Waals surface area contributed by atoms with Crippen molar-refractivity contribution in [3.05, 3.63) is 34.3 Å². The van der Waals surface area contributed by atoms with Gasteiger partial charge < -0.3 is 10.5 Å². The van der Waals surface area contributed by atoms with Gasteiger partial charge in [-0.1, -0.05) is 34.1 Å². The van der Waals surface area contributed by atoms with Gasteiger partial charge in [0.05, 0.1) is 12.2 Å². The van der Waals surface area contributed by atoms with Crippen LogP contribution in [0, 0.1) is 0 Å². The monoisotopic (exact) mass is 312 g/mol. The second kappa shape index (κ2) is 6.15. The summed E-state index contributed by atoms with van der Waals surface area (Å²) in [6, 6.07) is 8.58. The molecule has 0 saturated carbocycles. The van der Waals surface area contributed by atoms with Gasteiger partial charge in [-0.15, -0.1) is 0 Å². The molecule has 18 heavy (non-hydrogen) atoms. The lowest BCUT2D eigenvalue weighted by atomic mass is 10.0. The van der Waals surface area contributed by atoms with Crippen molar-refractivity contribution in [2.45, 2.75) is 32.1 Å². The highest BCUT2D eigenvalue weighted by atomic mass is 79.9. The highest BCUT2D eigenvalue weighted by Crippen LogP contribution is 2.29. The Morgan fingerprint density at radius 3 is 2.50 bits per heavy atom. The number of hydrogen-bond donors (Lipinski definition) is 1. The predicted octanol–water partition coefficient (Wildman–Crippen LogP) is 2.56. The van der Waals surface area contributed by atoms with E-state index in [0.717, 1.165) is 17.6 Å². The number of benzene rings is 1. The van der Waals surface area contributed by atoms with E-state index in [1.54, 1.807) is 0 Å². The Bertz CT molecular complexity index is 389. The normalized spacial score (nSPS) is 27.1. The van der Waals surface area contributed by atoms with E-state index in [1.165, 1.54) is 5.56 Å². The van der Waals surface area contributed by atoms with Gasteiger partial charge in [-0.05, 0) is 25.5 Å². The molecule has 4 heteroatoms. The summed E-state index contributed by atoms with van der Waals surface area (Å²) in [6.07, 6.45) is 0.538. The molecule has 0 radical (unpaired) electrons. The van der Waals surface area contributed by atoms with Crippen LogP contribution < -0.4 is 5.73 Å². The van der Waals surface area contributed by atoms with E-state index < -0.39 is 0 Å². The first-order valence-electron chi connectivity index (χ1n) is 6.45. The predicted molar refractivity (Wildman–Crippen MR) is 77.5 cm³/mol. The molecular formula is C14H21BrN2O. The molecule has 1 aliphatic heterocycles. The topological polar surface area (TPSA) is 38.5 Å². The van der Waals surface area contributed by atoms with Crippen molar-refractivity contribution in [3.8, 4) is 0 Å². The number of halogens is 1. The summed E-state index contributed by atoms with van der Waals surface area (Å²) in [5.41, 5.74) is 7.26. The summed E-state index contributed by atoms with van der Waals surface area (Å²) < 4.78 is 6.91. The summed E-state index contributed by atoms with van der Waals surface area (Å²) in [5, 5.41) is 0. The van der Waals surface area contributed by atoms with E-state index in [9.17, 15) is 0 Å². The highest BCUT2D eigenvalue weighted by molar-refractivity contribution is 9.10. The minimum absolute atomic E-state index is 0.259. The van der Waals surface area contributed by atoms with Gasteiger partial charge in [0.1, 0.15) is 0 Å². The van der Waals surface area contributed by atoms with Gasteiger partial charge in [0.25, 0.3) is 0 Å². The van der Waals surface area contributed by atoms with Gasteiger partial charge in [-0.25, -0.2) is 0 Å². The lowest BCUT2D eigenvalue weighted by Gasteiger charge is -2.40. The third-order valence-electron chi connectivity index (χ3n) is 3.38. The summed E-state index contributed by atoms with van der Waals surface area (Å²) in [4.78, 5) is 2.43. The number of ether oxygens (including phenoxy) is 1. The lowest BCUT2D eigenvalue weighted by molar-refractivity contribution is -0.0800. The second-order valence-corrected chi connectivity index (χ2v) is 5.84. The Balaban J connectivity index is 2.20. The Hall–Kier alpha value is -0.420. The Kier molecular flexibility index (Phi) is 4.78. The maximum atomic E-state index is 5.99. The average molecular weight is 313 g/mol. The van der Waals surface area contributed by atoms with Crippen LogP contribution in [0.3, 0.4) is 0 Å². The molecule has 0 aromatic heterocycles. The van der Waals surface area contributed by atoms with Gasteiger partial charge in [0, 0.05) is 30.1 Å². The van der Waals surface area contributed by atoms with E-state index in [0.29, 0.717) is 6.54 Å². The smallest absolute Gasteiger partial charge is 0.0678 e. The summed E-state index contributed by atoms with van der Waals surface area (Å²) in [6.45, 7) is 6.75. The van der Waals surface area contributed by atoms with E-state index in [4.69, 9.17) is 10.5 Å². The zero-order valence-electron chi connectivity index (χ0n) is 11.0. The standard InChI is InChI=1S/C14H21BrN2O/c1-10-8-17(9-11(2)18-10)14(7-16)12-5-3-4-6-13(12)15/h3-6,10-11,14H,7-9,16H2,1-2H3/t10-,11+,14-/m0/s1. The van der Waals surface area contributed by atoms with Crippen molar-refractivity contribution >= 4 is 15.9 Å². The molecule has 1 heterocycles. The van der Waals surface area contributed by atoms with Crippen LogP contribution >= 0.6 is 15.9 Å². The van der Waals surface area contributed by atoms with Crippen LogP contribution in [0.5, 0.6) is 0 Å². The number of nitrogens with two attached hydrogens (primary N) is 1. The maximum Gasteiger partial charge on any atom is 0.0678 e. The van der Waals surface area contributed by atoms with Crippen LogP contribution in [0.1, 0.15) is 25.5 Å². The molecule has 1 fully saturated rings. The minimum atomic E-state index is 0.259. The molecule has 3 atom stereocenters. The fourth-order valence-electron chi connectivity index (χ4n) is 2.69. The summed E-state index contributed by atoms with van der Waals surface area (Å²) >= 11 is 3.62. The average Bonchev–Trinajstić information content (AvgIpc) is 2.31. The van der Waals surface area contributed by atoms with E-state index in [2.05, 4.69) is 52.9 Å². The maximum absolute atomic E-state index is 5.99. The number of nitrogens with zero attached hydrogens (tertiary/aromatic N) is 1. The fourth-order valence-corrected chi connectivity index (χ4v) is 3.24. The third kappa shape index (κ3) is 3.12. The molecule has 0 spiro atoms. The molecule has 1 aromatic carbocycles. The molecule has 1 aliphatic rings. The van der Waals surface area contributed by atoms with Crippen molar-refractivity contribution in [2.24, 2.45) is 5.73 Å². The number of rotatable bonds is 3. The molecule has 0 unspecified atom stereocenters. The van der Waals surface area contributed by atoms with Crippen molar-refractivity contribution in [2.75, 3.05) is 19.6 Å². The molecule has 0 aliphatic carbocycles. The largest absolute Gasteiger partial charge is 0.373 e. The molecule has 100 valence electrons. The molecule has 1 aromatic rings. The highest BCUT2D eigenvalue weighted by Gasteiger charge is 2.28. The van der Waals surface area contributed by atoms with Crippen LogP contribution in [-0.4, -0.2) is 36.7 Å². The molecule has 2 rings (SSSR count). The Morgan fingerprint density at radius 1 is 1.33 bits per heavy atom. The quantitative estimate of drug-likeness (QED) is 0.932. The van der Waals surface area contributed by atoms with Crippen molar-refractivity contribution in [3.63, 3.8) is 0 Å². The number of morpholine rings is 1. The van der Waals surface area contributed by atoms with Crippen LogP contribution in [0.15, 0.2) is 28.7 Å². The lowest BCUT2D eigenvalue weighted by Crippen LogP contribution is -2.48. The van der Waals surface area contributed by atoms with Crippen LogP contribution in [0.4, 0.5) is 0 Å². The van der Waals surface area contributed by atoms with Gasteiger partial charge >= 0.3 is 0 Å². The van der Waals surface area contributed by atoms with Crippen LogP contribution in [0.25, 0.3) is 0 Å². The van der Waals surface area contributed by atoms with Crippen molar-refractivity contribution in [1.82, 2.24) is 4.90 Å². The first-order valence-corrected chi connectivity index (χ1v) is 7.25. The van der Waals surface area contributed by atoms with Crippen molar-refractivity contribution < 1.29 is 4.74 Å². The molecule has 0 bridgehead atoms. The van der Waals surface area contributed by atoms with Crippen LogP contribution in [0.2, 0.25) is 0 Å². The SMILES string of the molecule is C[C@@H]1CN([C@@H](CN)c2ccccc2Br)C[C@H](C)O1. The van der Waals surface area contributed by atoms with Gasteiger partial charge in [-0.3, -0.25) is 4.90 Å². The molecule has 3 nitrogen and oxygen atoms in total. The summed E-state index contributed by atoms with van der Waals surface area (Å²) in [7, 11) is 0. The first-order chi connectivity index (χ1) is 8.61. The molecule has 0 amide bonds. The molecule has 1 saturated heterocycles.